The Morgan fingerprint density at radius 3 is 2.70 bits per heavy atom. The Hall–Kier alpha value is -2.40. The highest BCUT2D eigenvalue weighted by Gasteiger charge is 2.16. The van der Waals surface area contributed by atoms with Crippen molar-refractivity contribution in [1.29, 1.82) is 0 Å². The predicted molar refractivity (Wildman–Crippen MR) is 93.4 cm³/mol. The third kappa shape index (κ3) is 3.05. The van der Waals surface area contributed by atoms with Crippen molar-refractivity contribution in [2.75, 3.05) is 11.9 Å². The smallest absolute Gasteiger partial charge is 0.143 e. The molecule has 0 aliphatic carbocycles. The second kappa shape index (κ2) is 6.38. The van der Waals surface area contributed by atoms with Gasteiger partial charge in [0.15, 0.2) is 0 Å². The SMILES string of the molecule is Cc1ccccc1-c1cc2c(N[C@@H](CO)C(C)C)ncnc2[nH]1. The van der Waals surface area contributed by atoms with Crippen LogP contribution in [-0.2, 0) is 0 Å². The summed E-state index contributed by atoms with van der Waals surface area (Å²) in [5, 5.41) is 13.8. The zero-order valence-corrected chi connectivity index (χ0v) is 13.7. The maximum absolute atomic E-state index is 9.54. The minimum atomic E-state index is -0.0371. The zero-order chi connectivity index (χ0) is 16.4. The van der Waals surface area contributed by atoms with Crippen LogP contribution in [0.5, 0.6) is 0 Å². The van der Waals surface area contributed by atoms with Crippen LogP contribution in [0.4, 0.5) is 5.82 Å². The third-order valence-electron chi connectivity index (χ3n) is 4.18. The van der Waals surface area contributed by atoms with Crippen LogP contribution >= 0.6 is 0 Å². The number of H-pyrrole nitrogens is 1. The number of aliphatic hydroxyl groups is 1. The van der Waals surface area contributed by atoms with Crippen LogP contribution in [0.25, 0.3) is 22.3 Å². The number of rotatable bonds is 5. The fraction of sp³-hybridized carbons (Fsp3) is 0.333. The fourth-order valence-corrected chi connectivity index (χ4v) is 2.67. The minimum absolute atomic E-state index is 0.0371. The topological polar surface area (TPSA) is 73.8 Å². The van der Waals surface area contributed by atoms with Gasteiger partial charge in [-0.3, -0.25) is 0 Å². The number of aromatic amines is 1. The van der Waals surface area contributed by atoms with Crippen LogP contribution < -0.4 is 5.32 Å². The molecular weight excluding hydrogens is 288 g/mol. The summed E-state index contributed by atoms with van der Waals surface area (Å²) in [6.45, 7) is 6.30. The number of nitrogens with zero attached hydrogens (tertiary/aromatic N) is 2. The van der Waals surface area contributed by atoms with Crippen molar-refractivity contribution in [2.45, 2.75) is 26.8 Å². The van der Waals surface area contributed by atoms with E-state index in [1.807, 2.05) is 12.1 Å². The van der Waals surface area contributed by atoms with E-state index in [-0.39, 0.29) is 12.6 Å². The number of aryl methyl sites for hydroxylation is 1. The van der Waals surface area contributed by atoms with E-state index < -0.39 is 0 Å². The molecule has 0 fully saturated rings. The van der Waals surface area contributed by atoms with Gasteiger partial charge in [0.05, 0.1) is 18.0 Å². The second-order valence-corrected chi connectivity index (χ2v) is 6.16. The lowest BCUT2D eigenvalue weighted by Crippen LogP contribution is -2.29. The van der Waals surface area contributed by atoms with E-state index >= 15 is 0 Å². The summed E-state index contributed by atoms with van der Waals surface area (Å²) in [4.78, 5) is 12.0. The molecule has 23 heavy (non-hydrogen) atoms. The van der Waals surface area contributed by atoms with Crippen molar-refractivity contribution < 1.29 is 5.11 Å². The number of anilines is 1. The highest BCUT2D eigenvalue weighted by molar-refractivity contribution is 5.91. The molecule has 120 valence electrons. The monoisotopic (exact) mass is 310 g/mol. The Balaban J connectivity index is 2.03. The lowest BCUT2D eigenvalue weighted by molar-refractivity contribution is 0.249. The number of aliphatic hydroxyl groups excluding tert-OH is 1. The van der Waals surface area contributed by atoms with Crippen molar-refractivity contribution in [3.63, 3.8) is 0 Å². The molecule has 3 N–H and O–H groups in total. The van der Waals surface area contributed by atoms with Gasteiger partial charge in [-0.25, -0.2) is 9.97 Å². The molecule has 1 aromatic carbocycles. The fourth-order valence-electron chi connectivity index (χ4n) is 2.67. The van der Waals surface area contributed by atoms with Crippen molar-refractivity contribution in [1.82, 2.24) is 15.0 Å². The van der Waals surface area contributed by atoms with Crippen LogP contribution in [0.1, 0.15) is 19.4 Å². The maximum Gasteiger partial charge on any atom is 0.143 e. The first kappa shape index (κ1) is 15.5. The Kier molecular flexibility index (Phi) is 4.30. The van der Waals surface area contributed by atoms with Crippen LogP contribution in [-0.4, -0.2) is 32.7 Å². The lowest BCUT2D eigenvalue weighted by Gasteiger charge is -2.20. The van der Waals surface area contributed by atoms with E-state index in [2.05, 4.69) is 59.2 Å². The van der Waals surface area contributed by atoms with Gasteiger partial charge in [-0.15, -0.1) is 0 Å². The Labute approximate surface area is 135 Å². The number of hydrogen-bond donors (Lipinski definition) is 3. The molecule has 5 heteroatoms. The number of aromatic nitrogens is 3. The van der Waals surface area contributed by atoms with Crippen molar-refractivity contribution in [3.8, 4) is 11.3 Å². The Morgan fingerprint density at radius 2 is 2.00 bits per heavy atom. The van der Waals surface area contributed by atoms with E-state index in [1.54, 1.807) is 0 Å². The van der Waals surface area contributed by atoms with E-state index in [0.717, 1.165) is 28.1 Å². The number of benzene rings is 1. The normalized spacial score (nSPS) is 12.7. The molecule has 0 radical (unpaired) electrons. The molecule has 0 aliphatic rings. The molecule has 0 saturated carbocycles. The molecule has 3 aromatic rings. The molecule has 0 aliphatic heterocycles. The van der Waals surface area contributed by atoms with Crippen molar-refractivity contribution in [2.24, 2.45) is 5.92 Å². The summed E-state index contributed by atoms with van der Waals surface area (Å²) in [6, 6.07) is 10.3. The maximum atomic E-state index is 9.54. The van der Waals surface area contributed by atoms with Gasteiger partial charge in [-0.2, -0.15) is 0 Å². The summed E-state index contributed by atoms with van der Waals surface area (Å²) >= 11 is 0. The predicted octanol–water partition coefficient (Wildman–Crippen LogP) is 3.36. The number of nitrogens with one attached hydrogen (secondary N) is 2. The molecule has 1 atom stereocenters. The highest BCUT2D eigenvalue weighted by Crippen LogP contribution is 2.29. The van der Waals surface area contributed by atoms with Gasteiger partial charge in [0.2, 0.25) is 0 Å². The van der Waals surface area contributed by atoms with Gasteiger partial charge in [-0.1, -0.05) is 38.1 Å². The van der Waals surface area contributed by atoms with Gasteiger partial charge in [0.1, 0.15) is 17.8 Å². The molecule has 5 nitrogen and oxygen atoms in total. The second-order valence-electron chi connectivity index (χ2n) is 6.16. The van der Waals surface area contributed by atoms with Gasteiger partial charge >= 0.3 is 0 Å². The van der Waals surface area contributed by atoms with E-state index in [0.29, 0.717) is 5.92 Å². The molecule has 2 aromatic heterocycles. The average Bonchev–Trinajstić information content (AvgIpc) is 2.97. The first-order valence-electron chi connectivity index (χ1n) is 7.87. The summed E-state index contributed by atoms with van der Waals surface area (Å²) in [6.07, 6.45) is 1.54. The first-order chi connectivity index (χ1) is 11.1. The molecule has 0 unspecified atom stereocenters. The standard InChI is InChI=1S/C18H22N4O/c1-11(2)16(9-23)22-18-14-8-15(21-17(14)19-10-20-18)13-7-5-4-6-12(13)3/h4-8,10-11,16,23H,9H2,1-3H3,(H2,19,20,21,22)/t16-/m0/s1. The van der Waals surface area contributed by atoms with Gasteiger partial charge < -0.3 is 15.4 Å². The van der Waals surface area contributed by atoms with Crippen LogP contribution in [0.15, 0.2) is 36.7 Å². The van der Waals surface area contributed by atoms with Gasteiger partial charge in [0.25, 0.3) is 0 Å². The molecule has 0 saturated heterocycles. The summed E-state index contributed by atoms with van der Waals surface area (Å²) in [7, 11) is 0. The molecule has 2 heterocycles. The largest absolute Gasteiger partial charge is 0.394 e. The summed E-state index contributed by atoms with van der Waals surface area (Å²) in [5.74, 6) is 1.05. The lowest BCUT2D eigenvalue weighted by atomic mass is 10.1. The first-order valence-corrected chi connectivity index (χ1v) is 7.87. The molecule has 0 spiro atoms. The number of hydrogen-bond acceptors (Lipinski definition) is 4. The number of fused-ring (bicyclic) bond motifs is 1. The van der Waals surface area contributed by atoms with Crippen LogP contribution in [0.3, 0.4) is 0 Å². The summed E-state index contributed by atoms with van der Waals surface area (Å²) in [5.41, 5.74) is 4.17. The Bertz CT molecular complexity index is 810. The minimum Gasteiger partial charge on any atom is -0.394 e. The van der Waals surface area contributed by atoms with Crippen LogP contribution in [0.2, 0.25) is 0 Å². The zero-order valence-electron chi connectivity index (χ0n) is 13.7. The van der Waals surface area contributed by atoms with E-state index in [1.165, 1.54) is 11.9 Å². The van der Waals surface area contributed by atoms with Gasteiger partial charge in [0, 0.05) is 11.3 Å². The molecule has 0 bridgehead atoms. The quantitative estimate of drug-likeness (QED) is 0.675. The molecule has 0 amide bonds. The summed E-state index contributed by atoms with van der Waals surface area (Å²) < 4.78 is 0. The third-order valence-corrected chi connectivity index (χ3v) is 4.18. The van der Waals surface area contributed by atoms with Crippen LogP contribution in [0, 0.1) is 12.8 Å². The Morgan fingerprint density at radius 1 is 1.22 bits per heavy atom. The van der Waals surface area contributed by atoms with E-state index in [4.69, 9.17) is 0 Å². The van der Waals surface area contributed by atoms with E-state index in [9.17, 15) is 5.11 Å². The van der Waals surface area contributed by atoms with Gasteiger partial charge in [-0.05, 0) is 24.5 Å². The molecular formula is C18H22N4O. The molecule has 3 rings (SSSR count). The average molecular weight is 310 g/mol. The van der Waals surface area contributed by atoms with Crippen molar-refractivity contribution in [3.05, 3.63) is 42.2 Å². The van der Waals surface area contributed by atoms with Crippen molar-refractivity contribution >= 4 is 16.9 Å². The highest BCUT2D eigenvalue weighted by atomic mass is 16.3.